The van der Waals surface area contributed by atoms with Crippen molar-refractivity contribution in [2.24, 2.45) is 5.73 Å². The molecule has 0 rings (SSSR count). The first-order valence-electron chi connectivity index (χ1n) is 37.2. The molecular weight excluding hydrogens is 1440 g/mol. The highest BCUT2D eigenvalue weighted by Crippen LogP contribution is 2.15. The summed E-state index contributed by atoms with van der Waals surface area (Å²) in [6.45, 7) is 27.8. The van der Waals surface area contributed by atoms with E-state index in [0.717, 1.165) is 0 Å². The molecule has 0 unspecified atom stereocenters. The minimum atomic E-state index is -1.26. The number of aliphatic carboxylic acids is 1. The average Bonchev–Trinajstić information content (AvgIpc) is 0.873. The van der Waals surface area contributed by atoms with E-state index in [1.807, 2.05) is 0 Å². The number of nitrogens with two attached hydrogens (primary N) is 1. The second-order valence-electron chi connectivity index (χ2n) is 27.6. The van der Waals surface area contributed by atoms with Crippen LogP contribution in [0.1, 0.15) is 147 Å². The number of carbonyl (C=O) groups excluding carboxylic acids is 11. The van der Waals surface area contributed by atoms with Crippen LogP contribution in [0.25, 0.3) is 0 Å². The molecule has 0 saturated carbocycles. The van der Waals surface area contributed by atoms with Crippen molar-refractivity contribution in [1.29, 1.82) is 0 Å². The molecule has 0 bridgehead atoms. The van der Waals surface area contributed by atoms with Crippen LogP contribution in [-0.4, -0.2) is 314 Å². The molecular formula is C71H130N10O28. The summed E-state index contributed by atoms with van der Waals surface area (Å²) in [4.78, 5) is 149. The van der Waals surface area contributed by atoms with Crippen molar-refractivity contribution in [3.05, 3.63) is 0 Å². The van der Waals surface area contributed by atoms with Gasteiger partial charge in [0, 0.05) is 58.3 Å². The second kappa shape index (κ2) is 62.5. The van der Waals surface area contributed by atoms with Crippen LogP contribution < -0.4 is 53.6 Å². The van der Waals surface area contributed by atoms with Gasteiger partial charge in [0.1, 0.15) is 47.0 Å². The molecule has 0 heterocycles. The Morgan fingerprint density at radius 3 is 0.908 bits per heavy atom. The van der Waals surface area contributed by atoms with E-state index in [1.54, 1.807) is 62.3 Å². The number of ether oxygens (including phenoxy) is 15. The summed E-state index contributed by atoms with van der Waals surface area (Å²) < 4.78 is 82.1. The summed E-state index contributed by atoms with van der Waals surface area (Å²) in [6, 6.07) is -7.49. The summed E-state index contributed by atoms with van der Waals surface area (Å²) in [5.74, 6) is -6.20. The molecule has 0 radical (unpaired) electrons. The number of urea groups is 1. The van der Waals surface area contributed by atoms with Crippen molar-refractivity contribution in [1.82, 2.24) is 47.9 Å². The van der Waals surface area contributed by atoms with Crippen LogP contribution >= 0.6 is 0 Å². The fourth-order valence-electron chi connectivity index (χ4n) is 8.49. The summed E-state index contributed by atoms with van der Waals surface area (Å²) in [5.41, 5.74) is 3.41. The number of nitrogens with one attached hydrogen (secondary N) is 9. The lowest BCUT2D eigenvalue weighted by molar-refractivity contribution is -0.159. The highest BCUT2D eigenvalue weighted by atomic mass is 16.6. The molecule has 0 aromatic carbocycles. The van der Waals surface area contributed by atoms with Gasteiger partial charge in [0.15, 0.2) is 0 Å². The minimum absolute atomic E-state index is 0.125. The Kier molecular flexibility index (Phi) is 58.5. The number of carboxylic acid groups (broad SMARTS) is 1. The van der Waals surface area contributed by atoms with Gasteiger partial charge in [0.05, 0.1) is 165 Å². The summed E-state index contributed by atoms with van der Waals surface area (Å²) in [5, 5.41) is 32.1. The third-order valence-electron chi connectivity index (χ3n) is 14.0. The van der Waals surface area contributed by atoms with E-state index in [0.29, 0.717) is 158 Å². The van der Waals surface area contributed by atoms with Gasteiger partial charge in [-0.05, 0) is 115 Å². The van der Waals surface area contributed by atoms with Gasteiger partial charge in [-0.25, -0.2) is 14.4 Å². The molecule has 0 aliphatic carbocycles. The van der Waals surface area contributed by atoms with Crippen molar-refractivity contribution >= 4 is 71.3 Å². The van der Waals surface area contributed by atoms with Crippen LogP contribution in [0.3, 0.4) is 0 Å². The maximum absolute atomic E-state index is 13.2. The number of hydrogen-bond acceptors (Lipinski definition) is 28. The number of amides is 9. The first-order valence-corrected chi connectivity index (χ1v) is 37.2. The summed E-state index contributed by atoms with van der Waals surface area (Å²) in [7, 11) is 0. The lowest BCUT2D eigenvalue weighted by Gasteiger charge is -2.27. The number of unbranched alkanes of at least 4 members (excludes halogenated alkanes) is 1. The summed E-state index contributed by atoms with van der Waals surface area (Å²) >= 11 is 0. The van der Waals surface area contributed by atoms with E-state index in [1.165, 1.54) is 20.8 Å². The lowest BCUT2D eigenvalue weighted by atomic mass is 10.1. The Morgan fingerprint density at radius 2 is 0.587 bits per heavy atom. The zero-order valence-corrected chi connectivity index (χ0v) is 66.4. The molecule has 9 amide bonds. The first kappa shape index (κ1) is 102. The molecule has 109 heavy (non-hydrogen) atoms. The van der Waals surface area contributed by atoms with E-state index in [2.05, 4.69) is 47.9 Å². The van der Waals surface area contributed by atoms with Crippen molar-refractivity contribution in [2.45, 2.75) is 200 Å². The average molecular weight is 1570 g/mol. The minimum Gasteiger partial charge on any atom is -0.480 e. The summed E-state index contributed by atoms with van der Waals surface area (Å²) in [6.07, 6.45) is 1.33. The Hall–Kier alpha value is -7.08. The third-order valence-corrected chi connectivity index (χ3v) is 14.0. The molecule has 0 saturated heterocycles. The Labute approximate surface area is 641 Å². The van der Waals surface area contributed by atoms with Gasteiger partial charge in [-0.15, -0.1) is 0 Å². The smallest absolute Gasteiger partial charge is 0.329 e. The van der Waals surface area contributed by atoms with Gasteiger partial charge in [0.2, 0.25) is 41.4 Å². The fourth-order valence-corrected chi connectivity index (χ4v) is 8.49. The van der Waals surface area contributed by atoms with Crippen LogP contribution in [0.15, 0.2) is 0 Å². The van der Waals surface area contributed by atoms with E-state index in [9.17, 15) is 57.5 Å². The molecule has 0 aromatic heterocycles. The quantitative estimate of drug-likeness (QED) is 0.0208. The molecule has 0 spiro atoms. The Bertz CT molecular complexity index is 2580. The maximum Gasteiger partial charge on any atom is 0.329 e. The highest BCUT2D eigenvalue weighted by Gasteiger charge is 2.32. The predicted octanol–water partition coefficient (Wildman–Crippen LogP) is -0.461. The highest BCUT2D eigenvalue weighted by molar-refractivity contribution is 5.94. The number of rotatable bonds is 67. The molecule has 38 heteroatoms. The van der Waals surface area contributed by atoms with Crippen molar-refractivity contribution in [2.75, 3.05) is 185 Å². The van der Waals surface area contributed by atoms with E-state index >= 15 is 0 Å². The van der Waals surface area contributed by atoms with Crippen LogP contribution in [0.4, 0.5) is 4.79 Å². The number of esters is 3. The maximum atomic E-state index is 13.2. The number of hydrogen-bond donors (Lipinski definition) is 11. The van der Waals surface area contributed by atoms with Crippen LogP contribution in [-0.2, 0) is 124 Å². The first-order chi connectivity index (χ1) is 51.6. The number of carbonyl (C=O) groups is 12. The predicted molar refractivity (Wildman–Crippen MR) is 393 cm³/mol. The van der Waals surface area contributed by atoms with Gasteiger partial charge in [-0.3, -0.25) is 43.2 Å². The van der Waals surface area contributed by atoms with E-state index in [4.69, 9.17) is 81.9 Å². The standard InChI is InChI=1S/C71H130N10O28/c1-51(63(88)79-53(3)65(90)91)77-62(87)52(2)78-64(89)54(72)15-13-14-23-73-58(83)20-27-95-33-39-101-45-49-105-43-37-99-31-25-75-60(85)22-29-97-35-41-103-47-50-106-44-38-100-32-26-76-59(84)21-28-96-34-40-102-46-48-104-42-36-98-30-24-74-57(82)18-16-55(66(92)108-70(7,8)9)80-68(94)81-56(67(93)109-71(10,11)12)17-19-61(86)107-69(4,5)6/h51-56H,13-50,72H2,1-12H3,(H,73,83)(H,74,82)(H,75,85)(H,76,84)(H,77,87)(H,78,89)(H,79,88)(H,90,91)(H2,80,81,94)/t51-,52-,53-,54-,55-,56-/m0/s1. The molecule has 0 aromatic rings. The Morgan fingerprint density at radius 1 is 0.312 bits per heavy atom. The van der Waals surface area contributed by atoms with Gasteiger partial charge < -0.3 is 130 Å². The van der Waals surface area contributed by atoms with Gasteiger partial charge in [-0.2, -0.15) is 0 Å². The molecule has 12 N–H and O–H groups in total. The van der Waals surface area contributed by atoms with Gasteiger partial charge in [-0.1, -0.05) is 0 Å². The van der Waals surface area contributed by atoms with Crippen molar-refractivity contribution < 1.29 is 134 Å². The lowest BCUT2D eigenvalue weighted by Crippen LogP contribution is -2.55. The molecule has 38 nitrogen and oxygen atoms in total. The zero-order valence-electron chi connectivity index (χ0n) is 66.4. The van der Waals surface area contributed by atoms with Crippen LogP contribution in [0.2, 0.25) is 0 Å². The van der Waals surface area contributed by atoms with Crippen molar-refractivity contribution in [3.63, 3.8) is 0 Å². The molecule has 0 fully saturated rings. The Balaban J connectivity index is 3.74. The zero-order chi connectivity index (χ0) is 81.7. The SMILES string of the molecule is C[C@H](NC(=O)[C@H](C)NC(=O)[C@H](C)NC(=O)[C@@H](N)CCCCNC(=O)CCOCCOCCOCCOCCNC(=O)CCOCCOCCOCCOCCNC(=O)CCOCCOCCOCCOCCNC(=O)CC[C@H](NC(=O)N[C@@H](CCC(=O)OC(C)(C)C)C(=O)OC(C)(C)C)C(=O)OC(C)(C)C)C(=O)O. The van der Waals surface area contributed by atoms with Gasteiger partial charge in [0.25, 0.3) is 0 Å². The van der Waals surface area contributed by atoms with Crippen molar-refractivity contribution in [3.8, 4) is 0 Å². The topological polar surface area (TPSA) is 498 Å². The molecule has 6 atom stereocenters. The van der Waals surface area contributed by atoms with E-state index in [-0.39, 0.29) is 109 Å². The molecule has 0 aliphatic heterocycles. The normalized spacial score (nSPS) is 13.3. The molecule has 0 aliphatic rings. The third kappa shape index (κ3) is 64.3. The second-order valence-corrected chi connectivity index (χ2v) is 27.6. The molecule has 632 valence electrons. The van der Waals surface area contributed by atoms with E-state index < -0.39 is 107 Å². The monoisotopic (exact) mass is 1570 g/mol. The van der Waals surface area contributed by atoms with Crippen LogP contribution in [0, 0.1) is 0 Å². The van der Waals surface area contributed by atoms with Gasteiger partial charge >= 0.3 is 29.9 Å². The van der Waals surface area contributed by atoms with Crippen LogP contribution in [0.5, 0.6) is 0 Å². The number of carboxylic acids is 1. The largest absolute Gasteiger partial charge is 0.480 e. The fraction of sp³-hybridized carbons (Fsp3) is 0.831.